The number of halogens is 3. The van der Waals surface area contributed by atoms with Crippen LogP contribution in [0.1, 0.15) is 23.2 Å². The lowest BCUT2D eigenvalue weighted by Crippen LogP contribution is -2.50. The minimum absolute atomic E-state index is 0.0452. The Bertz CT molecular complexity index is 700. The molecule has 1 saturated heterocycles. The Morgan fingerprint density at radius 1 is 1.28 bits per heavy atom. The summed E-state index contributed by atoms with van der Waals surface area (Å²) in [6.07, 6.45) is -5.17. The number of aromatic carboxylic acids is 1. The summed E-state index contributed by atoms with van der Waals surface area (Å²) in [4.78, 5) is 33.6. The number of ether oxygens (including phenoxy) is 1. The van der Waals surface area contributed by atoms with E-state index >= 15 is 0 Å². The Morgan fingerprint density at radius 2 is 1.88 bits per heavy atom. The summed E-state index contributed by atoms with van der Waals surface area (Å²) < 4.78 is 44.1. The molecule has 1 aliphatic rings. The van der Waals surface area contributed by atoms with E-state index in [-0.39, 0.29) is 26.1 Å². The van der Waals surface area contributed by atoms with Crippen LogP contribution in [0.5, 0.6) is 0 Å². The number of nitro groups is 1. The number of carboxylic acid groups (broad SMARTS) is 1. The SMILES string of the molecule is O=C(O)c1ccc([N+](=O)[O-])cc1N(C(=O)C(F)(F)F)C1CCOCC1. The number of hydrogen-bond donors (Lipinski definition) is 1. The fourth-order valence-electron chi connectivity index (χ4n) is 2.57. The number of non-ortho nitro benzene ring substituents is 1. The molecule has 1 fully saturated rings. The van der Waals surface area contributed by atoms with Crippen molar-refractivity contribution < 1.29 is 37.5 Å². The van der Waals surface area contributed by atoms with Crippen LogP contribution >= 0.6 is 0 Å². The van der Waals surface area contributed by atoms with Crippen LogP contribution < -0.4 is 4.90 Å². The van der Waals surface area contributed by atoms with Crippen LogP contribution in [0.2, 0.25) is 0 Å². The Labute approximate surface area is 138 Å². The molecule has 0 unspecified atom stereocenters. The van der Waals surface area contributed by atoms with Crippen molar-refractivity contribution in [1.29, 1.82) is 0 Å². The van der Waals surface area contributed by atoms with Gasteiger partial charge in [-0.15, -0.1) is 0 Å². The minimum Gasteiger partial charge on any atom is -0.478 e. The first-order valence-electron chi connectivity index (χ1n) is 7.12. The van der Waals surface area contributed by atoms with E-state index in [1.54, 1.807) is 0 Å². The average molecular weight is 362 g/mol. The first-order chi connectivity index (χ1) is 11.6. The molecular weight excluding hydrogens is 349 g/mol. The van der Waals surface area contributed by atoms with Gasteiger partial charge in [0, 0.05) is 31.4 Å². The standard InChI is InChI=1S/C14H13F3N2O6/c15-14(16,17)13(22)18(8-3-5-25-6-4-8)11-7-9(19(23)24)1-2-10(11)12(20)21/h1-2,7-8H,3-6H2,(H,20,21). The zero-order chi connectivity index (χ0) is 18.8. The Morgan fingerprint density at radius 3 is 2.36 bits per heavy atom. The molecule has 0 aromatic heterocycles. The van der Waals surface area contributed by atoms with Crippen molar-refractivity contribution in [2.45, 2.75) is 25.1 Å². The van der Waals surface area contributed by atoms with E-state index in [9.17, 15) is 38.0 Å². The van der Waals surface area contributed by atoms with E-state index in [1.165, 1.54) is 0 Å². The summed E-state index contributed by atoms with van der Waals surface area (Å²) in [6.45, 7) is 0.174. The van der Waals surface area contributed by atoms with Gasteiger partial charge in [0.05, 0.1) is 16.2 Å². The highest BCUT2D eigenvalue weighted by molar-refractivity contribution is 6.04. The molecule has 0 radical (unpaired) electrons. The third-order valence-corrected chi connectivity index (χ3v) is 3.70. The quantitative estimate of drug-likeness (QED) is 0.650. The fraction of sp³-hybridized carbons (Fsp3) is 0.429. The van der Waals surface area contributed by atoms with Crippen molar-refractivity contribution in [3.05, 3.63) is 33.9 Å². The number of carboxylic acids is 1. The Kier molecular flexibility index (Phi) is 5.26. The van der Waals surface area contributed by atoms with E-state index in [0.29, 0.717) is 11.0 Å². The highest BCUT2D eigenvalue weighted by Crippen LogP contribution is 2.34. The summed E-state index contributed by atoms with van der Waals surface area (Å²) >= 11 is 0. The van der Waals surface area contributed by atoms with E-state index in [2.05, 4.69) is 0 Å². The second-order valence-corrected chi connectivity index (χ2v) is 5.28. The Balaban J connectivity index is 2.62. The van der Waals surface area contributed by atoms with Gasteiger partial charge in [-0.2, -0.15) is 13.2 Å². The molecule has 1 N–H and O–H groups in total. The molecule has 2 rings (SSSR count). The smallest absolute Gasteiger partial charge is 0.471 e. The predicted molar refractivity (Wildman–Crippen MR) is 77.4 cm³/mol. The predicted octanol–water partition coefficient (Wildman–Crippen LogP) is 2.37. The largest absolute Gasteiger partial charge is 0.478 e. The molecule has 0 atom stereocenters. The van der Waals surface area contributed by atoms with E-state index in [4.69, 9.17) is 4.74 Å². The lowest BCUT2D eigenvalue weighted by Gasteiger charge is -2.35. The maximum Gasteiger partial charge on any atom is 0.471 e. The lowest BCUT2D eigenvalue weighted by atomic mass is 10.0. The summed E-state index contributed by atoms with van der Waals surface area (Å²) in [5, 5.41) is 20.1. The zero-order valence-corrected chi connectivity index (χ0v) is 12.7. The van der Waals surface area contributed by atoms with Crippen LogP contribution in [0.3, 0.4) is 0 Å². The molecule has 0 aliphatic carbocycles. The number of nitro benzene ring substituents is 1. The van der Waals surface area contributed by atoms with Gasteiger partial charge < -0.3 is 14.7 Å². The first-order valence-corrected chi connectivity index (χ1v) is 7.12. The number of carbonyl (C=O) groups excluding carboxylic acids is 1. The summed E-state index contributed by atoms with van der Waals surface area (Å²) in [7, 11) is 0. The van der Waals surface area contributed by atoms with Crippen LogP contribution in [-0.2, 0) is 9.53 Å². The second-order valence-electron chi connectivity index (χ2n) is 5.28. The molecule has 1 aromatic rings. The van der Waals surface area contributed by atoms with Crippen LogP contribution in [0.15, 0.2) is 18.2 Å². The highest BCUT2D eigenvalue weighted by Gasteiger charge is 2.46. The molecular formula is C14H13F3N2O6. The number of amides is 1. The van der Waals surface area contributed by atoms with Gasteiger partial charge in [-0.05, 0) is 18.9 Å². The molecule has 25 heavy (non-hydrogen) atoms. The first kappa shape index (κ1) is 18.6. The summed E-state index contributed by atoms with van der Waals surface area (Å²) in [6, 6.07) is 1.35. The highest BCUT2D eigenvalue weighted by atomic mass is 19.4. The number of benzene rings is 1. The van der Waals surface area contributed by atoms with Crippen molar-refractivity contribution in [2.75, 3.05) is 18.1 Å². The molecule has 0 bridgehead atoms. The number of carbonyl (C=O) groups is 2. The summed E-state index contributed by atoms with van der Waals surface area (Å²) in [5.74, 6) is -3.88. The third-order valence-electron chi connectivity index (χ3n) is 3.70. The monoisotopic (exact) mass is 362 g/mol. The number of alkyl halides is 3. The molecule has 0 saturated carbocycles. The molecule has 1 heterocycles. The van der Waals surface area contributed by atoms with Gasteiger partial charge in [0.25, 0.3) is 5.69 Å². The van der Waals surface area contributed by atoms with Gasteiger partial charge in [0.1, 0.15) is 0 Å². The van der Waals surface area contributed by atoms with Crippen molar-refractivity contribution in [2.24, 2.45) is 0 Å². The van der Waals surface area contributed by atoms with Gasteiger partial charge in [-0.3, -0.25) is 14.9 Å². The van der Waals surface area contributed by atoms with Gasteiger partial charge in [-0.25, -0.2) is 4.79 Å². The number of rotatable bonds is 4. The molecule has 8 nitrogen and oxygen atoms in total. The van der Waals surface area contributed by atoms with Gasteiger partial charge in [0.15, 0.2) is 0 Å². The second kappa shape index (κ2) is 7.05. The van der Waals surface area contributed by atoms with Gasteiger partial charge >= 0.3 is 18.1 Å². The van der Waals surface area contributed by atoms with Gasteiger partial charge in [-0.1, -0.05) is 0 Å². The normalized spacial score (nSPS) is 15.6. The lowest BCUT2D eigenvalue weighted by molar-refractivity contribution is -0.384. The topological polar surface area (TPSA) is 110 Å². The fourth-order valence-corrected chi connectivity index (χ4v) is 2.57. The van der Waals surface area contributed by atoms with Crippen molar-refractivity contribution in [3.63, 3.8) is 0 Å². The van der Waals surface area contributed by atoms with Crippen LogP contribution in [0.4, 0.5) is 24.5 Å². The average Bonchev–Trinajstić information content (AvgIpc) is 2.54. The van der Waals surface area contributed by atoms with E-state index in [1.807, 2.05) is 0 Å². The third kappa shape index (κ3) is 4.05. The maximum absolute atomic E-state index is 13.0. The summed E-state index contributed by atoms with van der Waals surface area (Å²) in [5.41, 5.74) is -1.90. The minimum atomic E-state index is -5.27. The maximum atomic E-state index is 13.0. The molecule has 136 valence electrons. The molecule has 11 heteroatoms. The van der Waals surface area contributed by atoms with Crippen LogP contribution in [-0.4, -0.2) is 47.3 Å². The zero-order valence-electron chi connectivity index (χ0n) is 12.7. The van der Waals surface area contributed by atoms with Crippen LogP contribution in [0.25, 0.3) is 0 Å². The molecule has 0 spiro atoms. The molecule has 1 aliphatic heterocycles. The van der Waals surface area contributed by atoms with Gasteiger partial charge in [0.2, 0.25) is 0 Å². The molecule has 1 aromatic carbocycles. The number of nitrogens with zero attached hydrogens (tertiary/aromatic N) is 2. The van der Waals surface area contributed by atoms with Crippen molar-refractivity contribution in [1.82, 2.24) is 0 Å². The van der Waals surface area contributed by atoms with Crippen molar-refractivity contribution >= 4 is 23.3 Å². The number of anilines is 1. The van der Waals surface area contributed by atoms with E-state index < -0.39 is 46.0 Å². The van der Waals surface area contributed by atoms with Crippen LogP contribution in [0, 0.1) is 10.1 Å². The van der Waals surface area contributed by atoms with E-state index in [0.717, 1.165) is 12.1 Å². The van der Waals surface area contributed by atoms with Crippen molar-refractivity contribution in [3.8, 4) is 0 Å². The number of hydrogen-bond acceptors (Lipinski definition) is 5. The molecule has 1 amide bonds. The Hall–Kier alpha value is -2.69.